The first-order valence-electron chi connectivity index (χ1n) is 6.07. The van der Waals surface area contributed by atoms with Crippen molar-refractivity contribution in [3.63, 3.8) is 0 Å². The number of hydrogen-bond acceptors (Lipinski definition) is 4. The van der Waals surface area contributed by atoms with Gasteiger partial charge in [0.2, 0.25) is 0 Å². The summed E-state index contributed by atoms with van der Waals surface area (Å²) < 4.78 is 5.07. The molecule has 2 fully saturated rings. The molecule has 3 N–H and O–H groups in total. The van der Waals surface area contributed by atoms with Gasteiger partial charge in [-0.2, -0.15) is 11.8 Å². The van der Waals surface area contributed by atoms with E-state index in [0.717, 1.165) is 17.9 Å². The van der Waals surface area contributed by atoms with E-state index in [2.05, 4.69) is 10.6 Å². The van der Waals surface area contributed by atoms with Crippen molar-refractivity contribution < 1.29 is 19.4 Å². The summed E-state index contributed by atoms with van der Waals surface area (Å²) in [6, 6.07) is -0.417. The first-order chi connectivity index (χ1) is 8.62. The Morgan fingerprint density at radius 3 is 2.89 bits per heavy atom. The van der Waals surface area contributed by atoms with Crippen molar-refractivity contribution in [3.05, 3.63) is 0 Å². The highest BCUT2D eigenvalue weighted by molar-refractivity contribution is 7.99. The molecule has 2 aliphatic rings. The number of aliphatic carboxylic acids is 1. The van der Waals surface area contributed by atoms with Crippen molar-refractivity contribution in [1.82, 2.24) is 10.6 Å². The number of ether oxygens (including phenoxy) is 1. The Hall–Kier alpha value is -0.950. The van der Waals surface area contributed by atoms with Gasteiger partial charge in [0, 0.05) is 19.6 Å². The van der Waals surface area contributed by atoms with E-state index in [0.29, 0.717) is 25.5 Å². The second-order valence-electron chi connectivity index (χ2n) is 4.75. The Balaban J connectivity index is 1.80. The van der Waals surface area contributed by atoms with Crippen molar-refractivity contribution in [2.75, 3.05) is 31.3 Å². The summed E-state index contributed by atoms with van der Waals surface area (Å²) in [6.07, 6.45) is 1.42. The van der Waals surface area contributed by atoms with Crippen molar-refractivity contribution >= 4 is 23.8 Å². The minimum absolute atomic E-state index is 0.0367. The van der Waals surface area contributed by atoms with Gasteiger partial charge in [-0.15, -0.1) is 0 Å². The zero-order chi connectivity index (χ0) is 13.0. The van der Waals surface area contributed by atoms with Crippen LogP contribution >= 0.6 is 11.8 Å². The van der Waals surface area contributed by atoms with Gasteiger partial charge in [0.25, 0.3) is 0 Å². The lowest BCUT2D eigenvalue weighted by Gasteiger charge is -2.24. The van der Waals surface area contributed by atoms with Gasteiger partial charge in [-0.1, -0.05) is 0 Å². The summed E-state index contributed by atoms with van der Waals surface area (Å²) in [7, 11) is 0. The first kappa shape index (κ1) is 13.5. The van der Waals surface area contributed by atoms with Gasteiger partial charge in [0.1, 0.15) is 0 Å². The fourth-order valence-corrected chi connectivity index (χ4v) is 3.41. The molecule has 0 radical (unpaired) electrons. The van der Waals surface area contributed by atoms with Crippen molar-refractivity contribution in [2.45, 2.75) is 18.4 Å². The molecule has 2 amide bonds. The van der Waals surface area contributed by atoms with Crippen LogP contribution in [0.4, 0.5) is 4.79 Å². The third-order valence-electron chi connectivity index (χ3n) is 3.36. The molecule has 2 aliphatic heterocycles. The summed E-state index contributed by atoms with van der Waals surface area (Å²) in [6.45, 7) is 1.01. The highest BCUT2D eigenvalue weighted by atomic mass is 32.2. The van der Waals surface area contributed by atoms with Crippen LogP contribution in [-0.2, 0) is 9.53 Å². The molecule has 0 bridgehead atoms. The fraction of sp³-hybridized carbons (Fsp3) is 0.818. The minimum atomic E-state index is -1.26. The van der Waals surface area contributed by atoms with Crippen LogP contribution < -0.4 is 10.6 Å². The van der Waals surface area contributed by atoms with Gasteiger partial charge < -0.3 is 20.5 Å². The molecule has 2 rings (SSSR count). The average Bonchev–Trinajstić information content (AvgIpc) is 2.97. The lowest BCUT2D eigenvalue weighted by molar-refractivity contribution is -0.144. The number of carbonyl (C=O) groups excluding carboxylic acids is 1. The molecular weight excluding hydrogens is 256 g/mol. The maximum atomic E-state index is 11.7. The number of carboxylic acids is 1. The Morgan fingerprint density at radius 1 is 1.50 bits per heavy atom. The van der Waals surface area contributed by atoms with E-state index in [1.807, 2.05) is 11.8 Å². The molecule has 0 aromatic heterocycles. The molecule has 2 unspecified atom stereocenters. The third-order valence-corrected chi connectivity index (χ3v) is 4.59. The Labute approximate surface area is 110 Å². The standard InChI is InChI=1S/C11H18N2O4S/c14-9(15)11(2-3-17-7-11)13-10(16)12-5-8-1-4-18-6-8/h8H,1-7H2,(H,14,15)(H2,12,13,16). The van der Waals surface area contributed by atoms with E-state index in [9.17, 15) is 9.59 Å². The number of nitrogens with one attached hydrogen (secondary N) is 2. The second-order valence-corrected chi connectivity index (χ2v) is 5.90. The molecule has 102 valence electrons. The van der Waals surface area contributed by atoms with Crippen LogP contribution in [0.15, 0.2) is 0 Å². The quantitative estimate of drug-likeness (QED) is 0.685. The maximum absolute atomic E-state index is 11.7. The molecular formula is C11H18N2O4S. The summed E-state index contributed by atoms with van der Waals surface area (Å²) in [5, 5.41) is 14.4. The zero-order valence-electron chi connectivity index (χ0n) is 10.1. The Morgan fingerprint density at radius 2 is 2.33 bits per heavy atom. The molecule has 0 aromatic rings. The molecule has 0 saturated carbocycles. The summed E-state index contributed by atoms with van der Waals surface area (Å²) in [5.74, 6) is 1.67. The highest BCUT2D eigenvalue weighted by Gasteiger charge is 2.44. The van der Waals surface area contributed by atoms with Gasteiger partial charge >= 0.3 is 12.0 Å². The predicted octanol–water partition coefficient (Wildman–Crippen LogP) is 0.282. The molecule has 18 heavy (non-hydrogen) atoms. The molecule has 0 aliphatic carbocycles. The lowest BCUT2D eigenvalue weighted by atomic mass is 9.99. The van der Waals surface area contributed by atoms with Crippen LogP contribution in [0.1, 0.15) is 12.8 Å². The molecule has 2 saturated heterocycles. The second kappa shape index (κ2) is 5.79. The monoisotopic (exact) mass is 274 g/mol. The molecule has 2 heterocycles. The normalized spacial score (nSPS) is 31.2. The van der Waals surface area contributed by atoms with Gasteiger partial charge in [-0.3, -0.25) is 0 Å². The van der Waals surface area contributed by atoms with Gasteiger partial charge in [0.15, 0.2) is 5.54 Å². The number of rotatable bonds is 4. The summed E-state index contributed by atoms with van der Waals surface area (Å²) in [5.41, 5.74) is -1.26. The highest BCUT2D eigenvalue weighted by Crippen LogP contribution is 2.22. The third kappa shape index (κ3) is 3.08. The van der Waals surface area contributed by atoms with Crippen LogP contribution in [0.25, 0.3) is 0 Å². The molecule has 0 aromatic carbocycles. The number of amides is 2. The van der Waals surface area contributed by atoms with Crippen molar-refractivity contribution in [1.29, 1.82) is 0 Å². The van der Waals surface area contributed by atoms with E-state index < -0.39 is 17.5 Å². The molecule has 6 nitrogen and oxygen atoms in total. The van der Waals surface area contributed by atoms with E-state index in [4.69, 9.17) is 9.84 Å². The van der Waals surface area contributed by atoms with E-state index >= 15 is 0 Å². The van der Waals surface area contributed by atoms with Crippen LogP contribution in [0.3, 0.4) is 0 Å². The summed E-state index contributed by atoms with van der Waals surface area (Å²) >= 11 is 1.89. The van der Waals surface area contributed by atoms with E-state index in [-0.39, 0.29) is 6.61 Å². The fourth-order valence-electron chi connectivity index (χ4n) is 2.13. The minimum Gasteiger partial charge on any atom is -0.479 e. The van der Waals surface area contributed by atoms with Crippen LogP contribution in [0.5, 0.6) is 0 Å². The van der Waals surface area contributed by atoms with Gasteiger partial charge in [-0.25, -0.2) is 9.59 Å². The van der Waals surface area contributed by atoms with Crippen LogP contribution in [0, 0.1) is 5.92 Å². The number of thioether (sulfide) groups is 1. The zero-order valence-corrected chi connectivity index (χ0v) is 10.9. The molecule has 7 heteroatoms. The van der Waals surface area contributed by atoms with Crippen molar-refractivity contribution in [2.24, 2.45) is 5.92 Å². The molecule has 0 spiro atoms. The SMILES string of the molecule is O=C(NCC1CCSC1)NC1(C(=O)O)CCOC1. The Kier molecular flexibility index (Phi) is 4.34. The van der Waals surface area contributed by atoms with Crippen LogP contribution in [0.2, 0.25) is 0 Å². The van der Waals surface area contributed by atoms with E-state index in [1.165, 1.54) is 0 Å². The largest absolute Gasteiger partial charge is 0.479 e. The first-order valence-corrected chi connectivity index (χ1v) is 7.23. The maximum Gasteiger partial charge on any atom is 0.332 e. The van der Waals surface area contributed by atoms with E-state index in [1.54, 1.807) is 0 Å². The average molecular weight is 274 g/mol. The van der Waals surface area contributed by atoms with Crippen LogP contribution in [-0.4, -0.2) is 53.9 Å². The Bertz CT molecular complexity index is 325. The topological polar surface area (TPSA) is 87.7 Å². The van der Waals surface area contributed by atoms with Gasteiger partial charge in [0.05, 0.1) is 6.61 Å². The number of urea groups is 1. The van der Waals surface area contributed by atoms with Gasteiger partial charge in [-0.05, 0) is 23.8 Å². The predicted molar refractivity (Wildman–Crippen MR) is 67.8 cm³/mol. The number of carbonyl (C=O) groups is 2. The van der Waals surface area contributed by atoms with Crippen molar-refractivity contribution in [3.8, 4) is 0 Å². The molecule has 2 atom stereocenters. The summed E-state index contributed by atoms with van der Waals surface area (Å²) in [4.78, 5) is 22.9. The number of carboxylic acid groups (broad SMARTS) is 1. The number of hydrogen-bond donors (Lipinski definition) is 3. The lowest BCUT2D eigenvalue weighted by Crippen LogP contribution is -2.58. The smallest absolute Gasteiger partial charge is 0.332 e.